The fourth-order valence-corrected chi connectivity index (χ4v) is 3.92. The summed E-state index contributed by atoms with van der Waals surface area (Å²) in [5, 5.41) is 3.65. The first-order valence-corrected chi connectivity index (χ1v) is 9.17. The zero-order chi connectivity index (χ0) is 18.3. The van der Waals surface area contributed by atoms with E-state index in [-0.39, 0.29) is 11.5 Å². The Morgan fingerprint density at radius 3 is 2.69 bits per heavy atom. The molecule has 0 bridgehead atoms. The highest BCUT2D eigenvalue weighted by Crippen LogP contribution is 2.45. The number of nitrogens with zero attached hydrogens (tertiary/aromatic N) is 1. The molecular formula is C20H20ClFN2O2. The molecule has 26 heavy (non-hydrogen) atoms. The lowest BCUT2D eigenvalue weighted by Gasteiger charge is -2.35. The Kier molecular flexibility index (Phi) is 4.59. The van der Waals surface area contributed by atoms with Crippen molar-refractivity contribution in [3.8, 4) is 5.75 Å². The molecule has 2 aromatic rings. The second-order valence-corrected chi connectivity index (χ2v) is 7.22. The summed E-state index contributed by atoms with van der Waals surface area (Å²) in [6.45, 7) is 1.91. The molecule has 2 aliphatic rings. The molecule has 1 amide bonds. The van der Waals surface area contributed by atoms with Crippen molar-refractivity contribution in [1.82, 2.24) is 5.32 Å². The van der Waals surface area contributed by atoms with Crippen molar-refractivity contribution in [2.75, 3.05) is 25.0 Å². The van der Waals surface area contributed by atoms with Crippen LogP contribution in [-0.2, 0) is 4.79 Å². The minimum Gasteiger partial charge on any atom is -0.473 e. The number of fused-ring (bicyclic) bond motifs is 1. The van der Waals surface area contributed by atoms with Gasteiger partial charge in [0.1, 0.15) is 11.6 Å². The van der Waals surface area contributed by atoms with Crippen LogP contribution in [0.5, 0.6) is 5.75 Å². The number of benzene rings is 2. The number of carbonyl (C=O) groups excluding carboxylic acids is 1. The van der Waals surface area contributed by atoms with E-state index in [2.05, 4.69) is 5.32 Å². The maximum Gasteiger partial charge on any atom is 0.272 e. The number of nitrogens with one attached hydrogen (secondary N) is 1. The summed E-state index contributed by atoms with van der Waals surface area (Å²) in [7, 11) is 1.71. The Balaban J connectivity index is 1.77. The number of anilines is 1. The molecule has 0 spiro atoms. The van der Waals surface area contributed by atoms with Gasteiger partial charge in [-0.05, 0) is 55.6 Å². The number of likely N-dealkylation sites (N-methyl/N-ethyl adjacent to an activating group) is 1. The minimum atomic E-state index is -1.01. The van der Waals surface area contributed by atoms with Gasteiger partial charge in [0, 0.05) is 17.6 Å². The Morgan fingerprint density at radius 2 is 1.96 bits per heavy atom. The first-order chi connectivity index (χ1) is 12.6. The lowest BCUT2D eigenvalue weighted by atomic mass is 9.88. The standard InChI is InChI=1S/C20H20ClFN2O2/c1-24-17-4-2-3-14(12-7-9-23-10-8-12)18(17)26-19(20(24)25)15-6-5-13(21)11-16(15)22/h2-6,11-12,19,23H,7-10H2,1H3. The predicted molar refractivity (Wildman–Crippen MR) is 99.5 cm³/mol. The first-order valence-electron chi connectivity index (χ1n) is 8.79. The Hall–Kier alpha value is -2.11. The quantitative estimate of drug-likeness (QED) is 0.862. The van der Waals surface area contributed by atoms with E-state index in [1.807, 2.05) is 18.2 Å². The zero-order valence-corrected chi connectivity index (χ0v) is 15.2. The molecule has 4 rings (SSSR count). The predicted octanol–water partition coefficient (Wildman–Crippen LogP) is 4.04. The third-order valence-electron chi connectivity index (χ3n) is 5.20. The van der Waals surface area contributed by atoms with Crippen LogP contribution in [0, 0.1) is 5.82 Å². The molecule has 1 saturated heterocycles. The molecule has 1 unspecified atom stereocenters. The van der Waals surface area contributed by atoms with Gasteiger partial charge < -0.3 is 15.0 Å². The summed E-state index contributed by atoms with van der Waals surface area (Å²) in [5.74, 6) is 0.220. The molecule has 0 saturated carbocycles. The highest BCUT2D eigenvalue weighted by molar-refractivity contribution is 6.30. The average molecular weight is 375 g/mol. The highest BCUT2D eigenvalue weighted by Gasteiger charge is 2.37. The number of rotatable bonds is 2. The number of piperidine rings is 1. The average Bonchev–Trinajstić information content (AvgIpc) is 2.65. The molecule has 2 aliphatic heterocycles. The van der Waals surface area contributed by atoms with Gasteiger partial charge >= 0.3 is 0 Å². The molecule has 136 valence electrons. The van der Waals surface area contributed by atoms with Gasteiger partial charge in [-0.2, -0.15) is 0 Å². The number of hydrogen-bond acceptors (Lipinski definition) is 3. The van der Waals surface area contributed by atoms with E-state index in [1.54, 1.807) is 18.0 Å². The number of amides is 1. The molecular weight excluding hydrogens is 355 g/mol. The topological polar surface area (TPSA) is 41.6 Å². The van der Waals surface area contributed by atoms with E-state index < -0.39 is 11.9 Å². The summed E-state index contributed by atoms with van der Waals surface area (Å²) in [6.07, 6.45) is 1.02. The number of para-hydroxylation sites is 1. The monoisotopic (exact) mass is 374 g/mol. The summed E-state index contributed by atoms with van der Waals surface area (Å²) < 4.78 is 20.5. The van der Waals surface area contributed by atoms with Crippen LogP contribution in [0.2, 0.25) is 5.02 Å². The van der Waals surface area contributed by atoms with Crippen LogP contribution in [-0.4, -0.2) is 26.0 Å². The van der Waals surface area contributed by atoms with Gasteiger partial charge in [0.2, 0.25) is 6.10 Å². The van der Waals surface area contributed by atoms with Crippen molar-refractivity contribution in [3.05, 3.63) is 58.4 Å². The minimum absolute atomic E-state index is 0.206. The van der Waals surface area contributed by atoms with E-state index in [9.17, 15) is 9.18 Å². The van der Waals surface area contributed by atoms with Crippen molar-refractivity contribution >= 4 is 23.2 Å². The lowest BCUT2D eigenvalue weighted by Crippen LogP contribution is -2.39. The van der Waals surface area contributed by atoms with E-state index in [0.29, 0.717) is 16.7 Å². The van der Waals surface area contributed by atoms with Crippen LogP contribution >= 0.6 is 11.6 Å². The van der Waals surface area contributed by atoms with E-state index in [4.69, 9.17) is 16.3 Å². The summed E-state index contributed by atoms with van der Waals surface area (Å²) in [4.78, 5) is 14.4. The maximum atomic E-state index is 14.4. The van der Waals surface area contributed by atoms with Crippen molar-refractivity contribution in [3.63, 3.8) is 0 Å². The molecule has 0 aliphatic carbocycles. The third kappa shape index (κ3) is 2.95. The Morgan fingerprint density at radius 1 is 1.19 bits per heavy atom. The van der Waals surface area contributed by atoms with Crippen LogP contribution in [0.3, 0.4) is 0 Å². The van der Waals surface area contributed by atoms with Gasteiger partial charge in [0.05, 0.1) is 5.69 Å². The third-order valence-corrected chi connectivity index (χ3v) is 5.44. The van der Waals surface area contributed by atoms with E-state index in [1.165, 1.54) is 12.1 Å². The number of ether oxygens (including phenoxy) is 1. The fraction of sp³-hybridized carbons (Fsp3) is 0.350. The molecule has 0 radical (unpaired) electrons. The van der Waals surface area contributed by atoms with Crippen molar-refractivity contribution in [2.24, 2.45) is 0 Å². The largest absolute Gasteiger partial charge is 0.473 e. The molecule has 4 nitrogen and oxygen atoms in total. The van der Waals surface area contributed by atoms with Gasteiger partial charge in [0.25, 0.3) is 5.91 Å². The lowest BCUT2D eigenvalue weighted by molar-refractivity contribution is -0.126. The van der Waals surface area contributed by atoms with Crippen molar-refractivity contribution in [1.29, 1.82) is 0 Å². The summed E-state index contributed by atoms with van der Waals surface area (Å²) >= 11 is 5.85. The van der Waals surface area contributed by atoms with Gasteiger partial charge in [-0.1, -0.05) is 29.8 Å². The van der Waals surface area contributed by atoms with Gasteiger partial charge in [-0.3, -0.25) is 4.79 Å². The number of hydrogen-bond donors (Lipinski definition) is 1. The highest BCUT2D eigenvalue weighted by atomic mass is 35.5. The molecule has 1 fully saturated rings. The van der Waals surface area contributed by atoms with Gasteiger partial charge in [0.15, 0.2) is 0 Å². The molecule has 6 heteroatoms. The van der Waals surface area contributed by atoms with Crippen LogP contribution in [0.1, 0.15) is 36.0 Å². The SMILES string of the molecule is CN1C(=O)C(c2ccc(Cl)cc2F)Oc2c(C3CCNCC3)cccc21. The van der Waals surface area contributed by atoms with Crippen LogP contribution in [0.15, 0.2) is 36.4 Å². The normalized spacial score (nSPS) is 20.7. The summed E-state index contributed by atoms with van der Waals surface area (Å²) in [5.41, 5.74) is 2.02. The number of halogens is 2. The Labute approximate surface area is 156 Å². The van der Waals surface area contributed by atoms with Crippen LogP contribution in [0.4, 0.5) is 10.1 Å². The molecule has 2 heterocycles. The number of carbonyl (C=O) groups is 1. The molecule has 1 N–H and O–H groups in total. The van der Waals surface area contributed by atoms with Crippen molar-refractivity contribution in [2.45, 2.75) is 24.9 Å². The smallest absolute Gasteiger partial charge is 0.272 e. The van der Waals surface area contributed by atoms with Gasteiger partial charge in [-0.15, -0.1) is 0 Å². The van der Waals surface area contributed by atoms with Crippen molar-refractivity contribution < 1.29 is 13.9 Å². The van der Waals surface area contributed by atoms with Crippen LogP contribution < -0.4 is 15.0 Å². The second kappa shape index (κ2) is 6.89. The van der Waals surface area contributed by atoms with E-state index >= 15 is 0 Å². The Bertz CT molecular complexity index is 852. The zero-order valence-electron chi connectivity index (χ0n) is 14.5. The molecule has 1 atom stereocenters. The summed E-state index contributed by atoms with van der Waals surface area (Å²) in [6, 6.07) is 10.2. The maximum absolute atomic E-state index is 14.4. The second-order valence-electron chi connectivity index (χ2n) is 6.78. The van der Waals surface area contributed by atoms with Crippen LogP contribution in [0.25, 0.3) is 0 Å². The van der Waals surface area contributed by atoms with Gasteiger partial charge in [-0.25, -0.2) is 4.39 Å². The molecule has 0 aromatic heterocycles. The molecule has 2 aromatic carbocycles. The first kappa shape index (κ1) is 17.3. The fourth-order valence-electron chi connectivity index (χ4n) is 3.76. The van der Waals surface area contributed by atoms with E-state index in [0.717, 1.165) is 37.2 Å².